The molecule has 0 atom stereocenters. The van der Waals surface area contributed by atoms with E-state index in [1.807, 2.05) is 0 Å². The van der Waals surface area contributed by atoms with Gasteiger partial charge >= 0.3 is 0 Å². The Morgan fingerprint density at radius 2 is 1.80 bits per heavy atom. The van der Waals surface area contributed by atoms with Crippen molar-refractivity contribution in [2.45, 2.75) is 34.1 Å². The molecule has 0 aliphatic carbocycles. The van der Waals surface area contributed by atoms with Crippen LogP contribution in [-0.2, 0) is 4.74 Å². The average molecular weight is 213 g/mol. The maximum absolute atomic E-state index is 5.65. The van der Waals surface area contributed by atoms with Gasteiger partial charge in [-0.1, -0.05) is 27.7 Å². The minimum absolute atomic E-state index is 0.669. The van der Waals surface area contributed by atoms with Crippen LogP contribution in [0.2, 0.25) is 0 Å². The molecule has 1 heterocycles. The van der Waals surface area contributed by atoms with Gasteiger partial charge in [0.25, 0.3) is 0 Å². The summed E-state index contributed by atoms with van der Waals surface area (Å²) in [5, 5.41) is 0. The van der Waals surface area contributed by atoms with E-state index >= 15 is 0 Å². The van der Waals surface area contributed by atoms with Gasteiger partial charge in [0.05, 0.1) is 6.61 Å². The summed E-state index contributed by atoms with van der Waals surface area (Å²) in [4.78, 5) is 2.55. The molecule has 0 unspecified atom stereocenters. The quantitative estimate of drug-likeness (QED) is 0.644. The van der Waals surface area contributed by atoms with Gasteiger partial charge in [0.15, 0.2) is 0 Å². The maximum Gasteiger partial charge on any atom is 0.0518 e. The van der Waals surface area contributed by atoms with Crippen LogP contribution >= 0.6 is 0 Å². The van der Waals surface area contributed by atoms with Gasteiger partial charge in [-0.3, -0.25) is 0 Å². The van der Waals surface area contributed by atoms with Crippen molar-refractivity contribution in [1.29, 1.82) is 0 Å². The molecule has 1 rings (SSSR count). The first-order valence-electron chi connectivity index (χ1n) is 6.38. The standard InChI is InChI=1S/C13H27NO/c1-11(2)5-6-14-7-13(8-14)10-15-9-12(3)4/h11-13H,5-10H2,1-4H3. The van der Waals surface area contributed by atoms with Gasteiger partial charge in [0, 0.05) is 25.6 Å². The fraction of sp³-hybridized carbons (Fsp3) is 1.00. The molecule has 0 amide bonds. The zero-order chi connectivity index (χ0) is 11.3. The number of hydrogen-bond acceptors (Lipinski definition) is 2. The smallest absolute Gasteiger partial charge is 0.0518 e. The molecule has 0 aromatic heterocycles. The second kappa shape index (κ2) is 6.49. The van der Waals surface area contributed by atoms with Crippen molar-refractivity contribution in [1.82, 2.24) is 4.90 Å². The van der Waals surface area contributed by atoms with E-state index in [4.69, 9.17) is 4.74 Å². The third kappa shape index (κ3) is 5.53. The van der Waals surface area contributed by atoms with Crippen molar-refractivity contribution in [2.24, 2.45) is 17.8 Å². The van der Waals surface area contributed by atoms with Crippen LogP contribution in [0.1, 0.15) is 34.1 Å². The van der Waals surface area contributed by atoms with Gasteiger partial charge < -0.3 is 9.64 Å². The van der Waals surface area contributed by atoms with Crippen LogP contribution in [-0.4, -0.2) is 37.7 Å². The summed E-state index contributed by atoms with van der Waals surface area (Å²) < 4.78 is 5.65. The van der Waals surface area contributed by atoms with E-state index in [2.05, 4.69) is 32.6 Å². The molecule has 0 spiro atoms. The van der Waals surface area contributed by atoms with E-state index < -0.39 is 0 Å². The molecule has 0 aromatic carbocycles. The molecule has 1 saturated heterocycles. The Morgan fingerprint density at radius 1 is 1.13 bits per heavy atom. The van der Waals surface area contributed by atoms with Crippen LogP contribution in [0.3, 0.4) is 0 Å². The molecule has 0 N–H and O–H groups in total. The Bertz CT molecular complexity index is 162. The summed E-state index contributed by atoms with van der Waals surface area (Å²) in [7, 11) is 0. The predicted octanol–water partition coefficient (Wildman–Crippen LogP) is 2.64. The average Bonchev–Trinajstić information content (AvgIpc) is 2.06. The zero-order valence-electron chi connectivity index (χ0n) is 10.8. The lowest BCUT2D eigenvalue weighted by molar-refractivity contribution is 0.00506. The van der Waals surface area contributed by atoms with Crippen molar-refractivity contribution in [3.8, 4) is 0 Å². The van der Waals surface area contributed by atoms with Gasteiger partial charge in [-0.15, -0.1) is 0 Å². The van der Waals surface area contributed by atoms with E-state index in [0.717, 1.165) is 25.0 Å². The fourth-order valence-corrected chi connectivity index (χ4v) is 1.88. The summed E-state index contributed by atoms with van der Waals surface area (Å²) in [6.45, 7) is 14.7. The molecule has 0 bridgehead atoms. The fourth-order valence-electron chi connectivity index (χ4n) is 1.88. The van der Waals surface area contributed by atoms with E-state index in [0.29, 0.717) is 5.92 Å². The highest BCUT2D eigenvalue weighted by molar-refractivity contribution is 4.79. The van der Waals surface area contributed by atoms with Crippen LogP contribution in [0.15, 0.2) is 0 Å². The Morgan fingerprint density at radius 3 is 2.33 bits per heavy atom. The van der Waals surface area contributed by atoms with Gasteiger partial charge in [-0.25, -0.2) is 0 Å². The first-order valence-corrected chi connectivity index (χ1v) is 6.38. The summed E-state index contributed by atoms with van der Waals surface area (Å²) in [5.41, 5.74) is 0. The minimum Gasteiger partial charge on any atom is -0.381 e. The predicted molar refractivity (Wildman–Crippen MR) is 65.0 cm³/mol. The topological polar surface area (TPSA) is 12.5 Å². The Hall–Kier alpha value is -0.0800. The zero-order valence-corrected chi connectivity index (χ0v) is 10.8. The van der Waals surface area contributed by atoms with Gasteiger partial charge in [-0.05, 0) is 24.8 Å². The second-order valence-corrected chi connectivity index (χ2v) is 5.74. The lowest BCUT2D eigenvalue weighted by atomic mass is 10.00. The van der Waals surface area contributed by atoms with E-state index in [-0.39, 0.29) is 0 Å². The molecular weight excluding hydrogens is 186 g/mol. The molecule has 1 aliphatic heterocycles. The summed E-state index contributed by atoms with van der Waals surface area (Å²) in [5.74, 6) is 2.30. The normalized spacial score (nSPS) is 18.8. The summed E-state index contributed by atoms with van der Waals surface area (Å²) >= 11 is 0. The first-order chi connectivity index (χ1) is 7.08. The lowest BCUT2D eigenvalue weighted by Gasteiger charge is -2.39. The van der Waals surface area contributed by atoms with Crippen LogP contribution in [0.25, 0.3) is 0 Å². The third-order valence-electron chi connectivity index (χ3n) is 2.86. The highest BCUT2D eigenvalue weighted by atomic mass is 16.5. The highest BCUT2D eigenvalue weighted by Crippen LogP contribution is 2.17. The molecular formula is C13H27NO. The van der Waals surface area contributed by atoms with Gasteiger partial charge in [0.2, 0.25) is 0 Å². The monoisotopic (exact) mass is 213 g/mol. The van der Waals surface area contributed by atoms with Crippen molar-refractivity contribution in [3.05, 3.63) is 0 Å². The molecule has 0 aromatic rings. The SMILES string of the molecule is CC(C)CCN1CC(COCC(C)C)C1. The number of hydrogen-bond donors (Lipinski definition) is 0. The Kier molecular flexibility index (Phi) is 5.62. The van der Waals surface area contributed by atoms with Crippen LogP contribution in [0, 0.1) is 17.8 Å². The summed E-state index contributed by atoms with van der Waals surface area (Å²) in [6, 6.07) is 0. The second-order valence-electron chi connectivity index (χ2n) is 5.74. The van der Waals surface area contributed by atoms with E-state index in [9.17, 15) is 0 Å². The van der Waals surface area contributed by atoms with Crippen molar-refractivity contribution < 1.29 is 4.74 Å². The number of rotatable bonds is 7. The van der Waals surface area contributed by atoms with Crippen molar-refractivity contribution >= 4 is 0 Å². The third-order valence-corrected chi connectivity index (χ3v) is 2.86. The number of likely N-dealkylation sites (tertiary alicyclic amines) is 1. The molecule has 2 heteroatoms. The minimum atomic E-state index is 0.669. The Balaban J connectivity index is 1.91. The number of ether oxygens (including phenoxy) is 1. The molecule has 15 heavy (non-hydrogen) atoms. The molecule has 1 fully saturated rings. The maximum atomic E-state index is 5.65. The molecule has 90 valence electrons. The van der Waals surface area contributed by atoms with Gasteiger partial charge in [-0.2, -0.15) is 0 Å². The lowest BCUT2D eigenvalue weighted by Crippen LogP contribution is -2.49. The number of nitrogens with zero attached hydrogens (tertiary/aromatic N) is 1. The van der Waals surface area contributed by atoms with Gasteiger partial charge in [0.1, 0.15) is 0 Å². The largest absolute Gasteiger partial charge is 0.381 e. The molecule has 2 nitrogen and oxygen atoms in total. The van der Waals surface area contributed by atoms with E-state index in [1.165, 1.54) is 26.1 Å². The molecule has 0 radical (unpaired) electrons. The van der Waals surface area contributed by atoms with Crippen LogP contribution < -0.4 is 0 Å². The summed E-state index contributed by atoms with van der Waals surface area (Å²) in [6.07, 6.45) is 1.33. The Labute approximate surface area is 95.0 Å². The van der Waals surface area contributed by atoms with Crippen LogP contribution in [0.4, 0.5) is 0 Å². The van der Waals surface area contributed by atoms with Crippen LogP contribution in [0.5, 0.6) is 0 Å². The van der Waals surface area contributed by atoms with E-state index in [1.54, 1.807) is 0 Å². The highest BCUT2D eigenvalue weighted by Gasteiger charge is 2.26. The molecule has 1 aliphatic rings. The van der Waals surface area contributed by atoms with Crippen molar-refractivity contribution in [3.63, 3.8) is 0 Å². The van der Waals surface area contributed by atoms with Crippen molar-refractivity contribution in [2.75, 3.05) is 32.8 Å². The first kappa shape index (κ1) is 13.0. The molecule has 0 saturated carbocycles.